The molecular weight excluding hydrogens is 368 g/mol. The van der Waals surface area contributed by atoms with Gasteiger partial charge in [0.05, 0.1) is 5.39 Å². The summed E-state index contributed by atoms with van der Waals surface area (Å²) in [4.78, 5) is 55.9. The molecule has 27 heavy (non-hydrogen) atoms. The maximum Gasteiger partial charge on any atom is 0.332 e. The first-order valence-corrected chi connectivity index (χ1v) is 9.45. The average Bonchev–Trinajstić information content (AvgIpc) is 2.62. The van der Waals surface area contributed by atoms with E-state index in [0.717, 1.165) is 28.3 Å². The summed E-state index contributed by atoms with van der Waals surface area (Å²) in [6.45, 7) is 3.35. The lowest BCUT2D eigenvalue weighted by atomic mass is 10.1. The monoisotopic (exact) mass is 392 g/mol. The highest BCUT2D eigenvalue weighted by Gasteiger charge is 2.29. The van der Waals surface area contributed by atoms with E-state index in [0.29, 0.717) is 11.3 Å². The molecule has 0 saturated carbocycles. The van der Waals surface area contributed by atoms with E-state index in [9.17, 15) is 19.2 Å². The highest BCUT2D eigenvalue weighted by Crippen LogP contribution is 2.33. The lowest BCUT2D eigenvalue weighted by molar-refractivity contribution is -0.132. The van der Waals surface area contributed by atoms with Crippen molar-refractivity contribution < 1.29 is 9.59 Å². The number of thioether (sulfide) groups is 1. The molecule has 9 heteroatoms. The molecule has 2 aromatic rings. The molecule has 0 bridgehead atoms. The molecule has 0 saturated heterocycles. The first kappa shape index (κ1) is 20.9. The zero-order valence-electron chi connectivity index (χ0n) is 16.4. The van der Waals surface area contributed by atoms with Crippen molar-refractivity contribution >= 4 is 34.5 Å². The Morgan fingerprint density at radius 1 is 1.22 bits per heavy atom. The van der Waals surface area contributed by atoms with Gasteiger partial charge in [0.25, 0.3) is 5.56 Å². The van der Waals surface area contributed by atoms with E-state index in [4.69, 9.17) is 0 Å². The van der Waals surface area contributed by atoms with Crippen LogP contribution in [0.25, 0.3) is 11.0 Å². The lowest BCUT2D eigenvalue weighted by Gasteiger charge is -2.20. The third-order valence-electron chi connectivity index (χ3n) is 4.28. The Hall–Kier alpha value is -2.42. The highest BCUT2D eigenvalue weighted by molar-refractivity contribution is 8.01. The summed E-state index contributed by atoms with van der Waals surface area (Å²) < 4.78 is 2.31. The van der Waals surface area contributed by atoms with Crippen LogP contribution in [0.5, 0.6) is 0 Å². The van der Waals surface area contributed by atoms with E-state index in [2.05, 4.69) is 4.98 Å². The summed E-state index contributed by atoms with van der Waals surface area (Å²) in [5.74, 6) is -0.644. The van der Waals surface area contributed by atoms with Crippen LogP contribution in [0.3, 0.4) is 0 Å². The Balaban J connectivity index is 2.84. The maximum absolute atomic E-state index is 12.8. The summed E-state index contributed by atoms with van der Waals surface area (Å²) in [6, 6.07) is 0. The zero-order valence-corrected chi connectivity index (χ0v) is 17.2. The molecule has 0 spiro atoms. The number of pyridine rings is 1. The molecule has 0 aliphatic rings. The standard InChI is InChI=1S/C18H24N4O4S/c1-7-8-11-9-19-15-12(16(24)22(6)18(26)21(15)5)14(11)27-13(10(2)23)17(25)20(3)4/h9,13H,7-8H2,1-6H3. The molecule has 0 aromatic carbocycles. The van der Waals surface area contributed by atoms with Crippen LogP contribution in [0.15, 0.2) is 20.7 Å². The van der Waals surface area contributed by atoms with E-state index in [1.54, 1.807) is 27.3 Å². The molecule has 0 fully saturated rings. The molecule has 0 aliphatic carbocycles. The maximum atomic E-state index is 12.8. The van der Waals surface area contributed by atoms with Gasteiger partial charge in [-0.25, -0.2) is 9.78 Å². The molecule has 1 unspecified atom stereocenters. The third-order valence-corrected chi connectivity index (χ3v) is 5.76. The minimum atomic E-state index is -0.969. The van der Waals surface area contributed by atoms with Crippen molar-refractivity contribution in [2.45, 2.75) is 36.8 Å². The quantitative estimate of drug-likeness (QED) is 0.531. The van der Waals surface area contributed by atoms with Gasteiger partial charge in [-0.15, -0.1) is 11.8 Å². The number of amides is 1. The average molecular weight is 392 g/mol. The fourth-order valence-electron chi connectivity index (χ4n) is 2.78. The molecule has 0 N–H and O–H groups in total. The van der Waals surface area contributed by atoms with Crippen LogP contribution in [0.4, 0.5) is 0 Å². The van der Waals surface area contributed by atoms with Gasteiger partial charge in [0, 0.05) is 39.3 Å². The summed E-state index contributed by atoms with van der Waals surface area (Å²) in [5, 5.41) is -0.712. The number of carbonyl (C=O) groups is 2. The molecule has 1 amide bonds. The van der Waals surface area contributed by atoms with Crippen LogP contribution in [0.2, 0.25) is 0 Å². The van der Waals surface area contributed by atoms with Gasteiger partial charge in [0.1, 0.15) is 10.9 Å². The van der Waals surface area contributed by atoms with Crippen LogP contribution >= 0.6 is 11.8 Å². The number of fused-ring (bicyclic) bond motifs is 1. The summed E-state index contributed by atoms with van der Waals surface area (Å²) in [7, 11) is 6.11. The molecular formula is C18H24N4O4S. The van der Waals surface area contributed by atoms with Gasteiger partial charge in [0.15, 0.2) is 5.78 Å². The van der Waals surface area contributed by atoms with Crippen LogP contribution in [0.1, 0.15) is 25.8 Å². The third kappa shape index (κ3) is 3.83. The predicted molar refractivity (Wildman–Crippen MR) is 105 cm³/mol. The second-order valence-corrected chi connectivity index (χ2v) is 7.72. The molecule has 1 atom stereocenters. The fourth-order valence-corrected chi connectivity index (χ4v) is 4.10. The molecule has 2 heterocycles. The van der Waals surface area contributed by atoms with E-state index in [-0.39, 0.29) is 22.7 Å². The zero-order chi connectivity index (χ0) is 20.5. The minimum Gasteiger partial charge on any atom is -0.347 e. The van der Waals surface area contributed by atoms with Crippen molar-refractivity contribution in [2.24, 2.45) is 14.1 Å². The van der Waals surface area contributed by atoms with Gasteiger partial charge >= 0.3 is 5.69 Å². The molecule has 2 rings (SSSR count). The SMILES string of the molecule is CCCc1cnc2c(c1SC(C(C)=O)C(=O)N(C)C)c(=O)n(C)c(=O)n2C. The van der Waals surface area contributed by atoms with Gasteiger partial charge in [-0.3, -0.25) is 23.5 Å². The minimum absolute atomic E-state index is 0.241. The summed E-state index contributed by atoms with van der Waals surface area (Å²) in [6.07, 6.45) is 3.06. The van der Waals surface area contributed by atoms with Crippen LogP contribution in [-0.2, 0) is 30.1 Å². The summed E-state index contributed by atoms with van der Waals surface area (Å²) in [5.41, 5.74) is 0.0564. The predicted octanol–water partition coefficient (Wildman–Crippen LogP) is 0.723. The van der Waals surface area contributed by atoms with Crippen molar-refractivity contribution in [1.82, 2.24) is 19.0 Å². The van der Waals surface area contributed by atoms with Gasteiger partial charge in [-0.05, 0) is 18.9 Å². The van der Waals surface area contributed by atoms with Gasteiger partial charge < -0.3 is 4.90 Å². The van der Waals surface area contributed by atoms with Gasteiger partial charge in [-0.2, -0.15) is 0 Å². The second-order valence-electron chi connectivity index (χ2n) is 6.61. The largest absolute Gasteiger partial charge is 0.347 e. The van der Waals surface area contributed by atoms with Crippen molar-refractivity contribution in [2.75, 3.05) is 14.1 Å². The van der Waals surface area contributed by atoms with Crippen molar-refractivity contribution in [3.8, 4) is 0 Å². The second kappa shape index (κ2) is 8.08. The van der Waals surface area contributed by atoms with Gasteiger partial charge in [0.2, 0.25) is 5.91 Å². The Kier molecular flexibility index (Phi) is 6.25. The van der Waals surface area contributed by atoms with Crippen molar-refractivity contribution in [3.05, 3.63) is 32.6 Å². The molecule has 146 valence electrons. The van der Waals surface area contributed by atoms with Crippen LogP contribution in [-0.4, -0.2) is 50.1 Å². The van der Waals surface area contributed by atoms with E-state index >= 15 is 0 Å². The fraction of sp³-hybridized carbons (Fsp3) is 0.500. The Morgan fingerprint density at radius 2 is 1.85 bits per heavy atom. The van der Waals surface area contributed by atoms with E-state index in [1.165, 1.54) is 23.4 Å². The van der Waals surface area contributed by atoms with E-state index in [1.807, 2.05) is 6.92 Å². The Morgan fingerprint density at radius 3 is 2.37 bits per heavy atom. The number of rotatable bonds is 6. The molecule has 2 aromatic heterocycles. The van der Waals surface area contributed by atoms with Crippen LogP contribution < -0.4 is 11.2 Å². The van der Waals surface area contributed by atoms with Crippen molar-refractivity contribution in [1.29, 1.82) is 0 Å². The number of Topliss-reactive ketones (excluding diaryl/α,β-unsaturated/α-hetero) is 1. The number of aryl methyl sites for hydroxylation is 2. The normalized spacial score (nSPS) is 12.2. The number of ketones is 1. The molecule has 0 radical (unpaired) electrons. The van der Waals surface area contributed by atoms with Crippen molar-refractivity contribution in [3.63, 3.8) is 0 Å². The number of hydrogen-bond donors (Lipinski definition) is 0. The Labute approximate surface area is 161 Å². The first-order chi connectivity index (χ1) is 12.6. The lowest BCUT2D eigenvalue weighted by Crippen LogP contribution is -2.38. The Bertz CT molecular complexity index is 1020. The first-order valence-electron chi connectivity index (χ1n) is 8.57. The van der Waals surface area contributed by atoms with E-state index < -0.39 is 16.5 Å². The number of hydrogen-bond acceptors (Lipinski definition) is 6. The number of nitrogens with zero attached hydrogens (tertiary/aromatic N) is 4. The molecule has 8 nitrogen and oxygen atoms in total. The summed E-state index contributed by atoms with van der Waals surface area (Å²) >= 11 is 1.06. The highest BCUT2D eigenvalue weighted by atomic mass is 32.2. The van der Waals surface area contributed by atoms with Gasteiger partial charge in [-0.1, -0.05) is 13.3 Å². The van der Waals surface area contributed by atoms with Crippen LogP contribution in [0, 0.1) is 0 Å². The smallest absolute Gasteiger partial charge is 0.332 e. The topological polar surface area (TPSA) is 94.3 Å². The number of aromatic nitrogens is 3. The molecule has 0 aliphatic heterocycles. The number of carbonyl (C=O) groups excluding carboxylic acids is 2.